The van der Waals surface area contributed by atoms with E-state index in [0.717, 1.165) is 46.4 Å². The monoisotopic (exact) mass is 1330 g/mol. The number of nitrogens with zero attached hydrogens (tertiary/aromatic N) is 8. The first kappa shape index (κ1) is 68.4. The molecule has 0 aliphatic carbocycles. The third-order valence-corrected chi connectivity index (χ3v) is 21.4. The molecule has 0 spiro atoms. The quantitative estimate of drug-likeness (QED) is 0.0216. The lowest BCUT2D eigenvalue weighted by Gasteiger charge is -2.34. The molecule has 8 aromatic rings. The van der Waals surface area contributed by atoms with E-state index in [0.29, 0.717) is 24.2 Å². The van der Waals surface area contributed by atoms with Crippen LogP contribution in [0.2, 0.25) is 10.6 Å². The number of rotatable bonds is 26. The minimum atomic E-state index is -1.93. The number of unbranched alkanes of at least 4 members (excludes halogenated alkanes) is 2. The van der Waals surface area contributed by atoms with E-state index in [1.807, 2.05) is 74.5 Å². The molecule has 4 aromatic heterocycles. The van der Waals surface area contributed by atoms with Gasteiger partial charge in [0.2, 0.25) is 22.3 Å². The molecule has 490 valence electrons. The lowest BCUT2D eigenvalue weighted by atomic mass is 9.87. The SMILES string of the molecule is CCCCOc1nc(Cl)nc2c1ncn2C1OC(CO[Si](c2ccccc2)c2ccc(C(C)(C)C)cc2)C(CC(C)(C)OC(=O)OC(C)(C)CC2C(CO[Si](c3ccccc3)c3ccc(C(C)(C)C)cc3)OC(n3cnc4c(OCCCC)nc(Cl)nc43)C2F)C1F. The molecular formula is C69H84Cl2F2N8O9Si2. The van der Waals surface area contributed by atoms with Crippen molar-refractivity contribution >= 4 is 90.5 Å². The second-order valence-corrected chi connectivity index (χ2v) is 31.9. The average Bonchev–Trinajstić information content (AvgIpc) is 1.62. The van der Waals surface area contributed by atoms with Crippen molar-refractivity contribution < 1.29 is 50.8 Å². The zero-order valence-electron chi connectivity index (χ0n) is 54.5. The van der Waals surface area contributed by atoms with Gasteiger partial charge in [-0.25, -0.2) is 23.5 Å². The number of aromatic nitrogens is 8. The maximum absolute atomic E-state index is 17.9. The van der Waals surface area contributed by atoms with Crippen LogP contribution in [0.1, 0.15) is 145 Å². The third-order valence-electron chi connectivity index (χ3n) is 16.7. The maximum atomic E-state index is 17.9. The normalized spacial score (nSPS) is 20.6. The Morgan fingerprint density at radius 3 is 1.24 bits per heavy atom. The number of imidazole rings is 2. The van der Waals surface area contributed by atoms with Gasteiger partial charge in [0.05, 0.1) is 51.3 Å². The summed E-state index contributed by atoms with van der Waals surface area (Å²) in [5, 5.41) is 3.79. The fourth-order valence-electron chi connectivity index (χ4n) is 11.8. The number of carbonyl (C=O) groups is 1. The summed E-state index contributed by atoms with van der Waals surface area (Å²) in [6, 6.07) is 36.9. The average molecular weight is 1330 g/mol. The molecule has 2 radical (unpaired) electrons. The van der Waals surface area contributed by atoms with E-state index in [1.54, 1.807) is 27.7 Å². The van der Waals surface area contributed by atoms with Crippen LogP contribution < -0.4 is 30.2 Å². The first-order chi connectivity index (χ1) is 43.8. The number of ether oxygens (including phenoxy) is 6. The molecule has 2 saturated heterocycles. The molecular weight excluding hydrogens is 1250 g/mol. The van der Waals surface area contributed by atoms with E-state index in [9.17, 15) is 4.79 Å². The Morgan fingerprint density at radius 1 is 0.533 bits per heavy atom. The summed E-state index contributed by atoms with van der Waals surface area (Å²) >= 11 is 13.0. The van der Waals surface area contributed by atoms with E-state index in [-0.39, 0.29) is 70.5 Å². The summed E-state index contributed by atoms with van der Waals surface area (Å²) in [5.41, 5.74) is 0.520. The summed E-state index contributed by atoms with van der Waals surface area (Å²) in [6.07, 6.45) is -2.62. The first-order valence-corrected chi connectivity index (χ1v) is 35.3. The number of hydrogen-bond donors (Lipinski definition) is 0. The van der Waals surface area contributed by atoms with Gasteiger partial charge in [-0.05, 0) is 119 Å². The molecule has 0 bridgehead atoms. The Hall–Kier alpha value is -6.44. The predicted octanol–water partition coefficient (Wildman–Crippen LogP) is 12.8. The molecule has 6 heterocycles. The van der Waals surface area contributed by atoms with E-state index in [1.165, 1.54) is 32.9 Å². The van der Waals surface area contributed by atoms with Gasteiger partial charge in [-0.15, -0.1) is 0 Å². The molecule has 17 nitrogen and oxygen atoms in total. The number of benzene rings is 4. The van der Waals surface area contributed by atoms with Crippen molar-refractivity contribution in [1.29, 1.82) is 0 Å². The van der Waals surface area contributed by atoms with Gasteiger partial charge in [-0.3, -0.25) is 9.13 Å². The van der Waals surface area contributed by atoms with E-state index < -0.39 is 84.3 Å². The summed E-state index contributed by atoms with van der Waals surface area (Å²) < 4.78 is 90.8. The molecule has 92 heavy (non-hydrogen) atoms. The first-order valence-electron chi connectivity index (χ1n) is 31.7. The van der Waals surface area contributed by atoms with Gasteiger partial charge >= 0.3 is 6.16 Å². The highest BCUT2D eigenvalue weighted by molar-refractivity contribution is 6.80. The summed E-state index contributed by atoms with van der Waals surface area (Å²) in [6.45, 7) is 24.6. The van der Waals surface area contributed by atoms with Crippen molar-refractivity contribution in [2.75, 3.05) is 26.4 Å². The van der Waals surface area contributed by atoms with Crippen molar-refractivity contribution in [3.63, 3.8) is 0 Å². The lowest BCUT2D eigenvalue weighted by Crippen LogP contribution is -2.47. The van der Waals surface area contributed by atoms with Gasteiger partial charge < -0.3 is 37.3 Å². The van der Waals surface area contributed by atoms with Gasteiger partial charge in [0.1, 0.15) is 11.2 Å². The highest BCUT2D eigenvalue weighted by atomic mass is 35.5. The molecule has 4 aromatic carbocycles. The van der Waals surface area contributed by atoms with Gasteiger partial charge in [-0.2, -0.15) is 19.9 Å². The number of carbonyl (C=O) groups excluding carboxylic acids is 1. The highest BCUT2D eigenvalue weighted by Gasteiger charge is 2.52. The molecule has 0 saturated carbocycles. The largest absolute Gasteiger partial charge is 0.509 e. The third kappa shape index (κ3) is 16.2. The second kappa shape index (κ2) is 29.1. The lowest BCUT2D eigenvalue weighted by molar-refractivity contribution is -0.0823. The smallest absolute Gasteiger partial charge is 0.476 e. The van der Waals surface area contributed by atoms with Crippen molar-refractivity contribution in [1.82, 2.24) is 39.0 Å². The van der Waals surface area contributed by atoms with Crippen LogP contribution in [0.15, 0.2) is 122 Å². The van der Waals surface area contributed by atoms with Crippen molar-refractivity contribution in [3.05, 3.63) is 144 Å². The van der Waals surface area contributed by atoms with Crippen molar-refractivity contribution in [2.24, 2.45) is 11.8 Å². The van der Waals surface area contributed by atoms with Crippen LogP contribution >= 0.6 is 23.2 Å². The standard InChI is InChI=1S/C69H84Cl2F2N8O9Si2/c1-13-15-35-83-59-55-57(76-63(70)78-59)80(41-74-55)61-53(72)49(51(87-61)39-85-91(45-23-19-17-20-24-45)47-31-27-43(28-32-47)66(3,4)5)37-68(9,10)89-65(82)90-69(11,12)38-50-52(40-86-92(46-25-21-18-22-26-46)48-33-29-44(30-34-48)67(6,7)8)88-62(54(50)73)81-42-75-56-58(81)77-64(71)79-60(56)84-36-16-14-2/h17-34,41-42,49-54,61-62H,13-16,35-40H2,1-12H3. The Balaban J connectivity index is 0.910. The number of halogens is 4. The van der Waals surface area contributed by atoms with Crippen LogP contribution in [0.4, 0.5) is 13.6 Å². The molecule has 10 rings (SSSR count). The fraction of sp³-hybridized carbons (Fsp3) is 0.493. The Morgan fingerprint density at radius 2 is 0.891 bits per heavy atom. The minimum Gasteiger partial charge on any atom is -0.476 e. The van der Waals surface area contributed by atoms with Crippen LogP contribution in [0, 0.1) is 11.8 Å². The van der Waals surface area contributed by atoms with Crippen LogP contribution in [0.5, 0.6) is 11.8 Å². The second-order valence-electron chi connectivity index (χ2n) is 27.0. The van der Waals surface area contributed by atoms with E-state index in [4.69, 9.17) is 60.5 Å². The van der Waals surface area contributed by atoms with E-state index >= 15 is 8.78 Å². The summed E-state index contributed by atoms with van der Waals surface area (Å²) in [7, 11) is -3.86. The number of fused-ring (bicyclic) bond motifs is 2. The van der Waals surface area contributed by atoms with Crippen molar-refractivity contribution in [2.45, 2.75) is 181 Å². The molecule has 2 aliphatic heterocycles. The maximum Gasteiger partial charge on any atom is 0.509 e. The van der Waals surface area contributed by atoms with Crippen LogP contribution in [0.3, 0.4) is 0 Å². The topological polar surface area (TPSA) is 178 Å². The molecule has 0 N–H and O–H groups in total. The molecule has 23 heteroatoms. The van der Waals surface area contributed by atoms with Gasteiger partial charge in [0.15, 0.2) is 47.1 Å². The van der Waals surface area contributed by atoms with Gasteiger partial charge in [-0.1, -0.05) is 177 Å². The Bertz CT molecular complexity index is 3510. The van der Waals surface area contributed by atoms with Crippen molar-refractivity contribution in [3.8, 4) is 11.8 Å². The molecule has 8 atom stereocenters. The molecule has 2 aliphatic rings. The van der Waals surface area contributed by atoms with Gasteiger partial charge in [0, 0.05) is 11.8 Å². The number of alkyl halides is 2. The number of hydrogen-bond acceptors (Lipinski definition) is 15. The highest BCUT2D eigenvalue weighted by Crippen LogP contribution is 2.45. The van der Waals surface area contributed by atoms with Crippen LogP contribution in [0.25, 0.3) is 22.3 Å². The summed E-state index contributed by atoms with van der Waals surface area (Å²) in [5.74, 6) is -1.49. The predicted molar refractivity (Wildman–Crippen MR) is 356 cm³/mol. The molecule has 8 unspecified atom stereocenters. The van der Waals surface area contributed by atoms with Gasteiger partial charge in [0.25, 0.3) is 18.1 Å². The molecule has 0 amide bonds. The zero-order valence-corrected chi connectivity index (χ0v) is 58.0. The van der Waals surface area contributed by atoms with E-state index in [2.05, 4.69) is 120 Å². The fourth-order valence-corrected chi connectivity index (χ4v) is 16.1. The Labute approximate surface area is 551 Å². The minimum absolute atomic E-state index is 0.0208. The summed E-state index contributed by atoms with van der Waals surface area (Å²) in [4.78, 5) is 41.2. The van der Waals surface area contributed by atoms with Crippen LogP contribution in [-0.4, -0.2) is 125 Å². The Kier molecular flexibility index (Phi) is 21.6. The zero-order chi connectivity index (χ0) is 65.7. The molecule has 2 fully saturated rings. The van der Waals surface area contributed by atoms with Crippen LogP contribution in [-0.2, 0) is 38.6 Å².